The molecule has 4 rings (SSSR count). The average Bonchev–Trinajstić information content (AvgIpc) is 3.21. The van der Waals surface area contributed by atoms with E-state index >= 15 is 0 Å². The van der Waals surface area contributed by atoms with Crippen LogP contribution in [0.1, 0.15) is 16.8 Å². The lowest BCUT2D eigenvalue weighted by molar-refractivity contribution is 0.543. The Morgan fingerprint density at radius 2 is 1.61 bits per heavy atom. The molecule has 0 saturated carbocycles. The van der Waals surface area contributed by atoms with E-state index in [9.17, 15) is 12.8 Å². The van der Waals surface area contributed by atoms with Crippen molar-refractivity contribution in [1.82, 2.24) is 20.3 Å². The van der Waals surface area contributed by atoms with Crippen molar-refractivity contribution >= 4 is 10.0 Å². The van der Waals surface area contributed by atoms with Crippen molar-refractivity contribution in [3.63, 3.8) is 0 Å². The smallest absolute Gasteiger partial charge is 0.238 e. The highest BCUT2D eigenvalue weighted by Gasteiger charge is 2.14. The molecule has 3 N–H and O–H groups in total. The Labute approximate surface area is 192 Å². The van der Waals surface area contributed by atoms with Crippen LogP contribution in [0, 0.1) is 5.82 Å². The van der Waals surface area contributed by atoms with Crippen LogP contribution in [0.2, 0.25) is 0 Å². The molecule has 33 heavy (non-hydrogen) atoms. The van der Waals surface area contributed by atoms with Gasteiger partial charge in [-0.3, -0.25) is 0 Å². The molecule has 170 valence electrons. The topological polar surface area (TPSA) is 103 Å². The Kier molecular flexibility index (Phi) is 6.93. The minimum absolute atomic E-state index is 0.0955. The summed E-state index contributed by atoms with van der Waals surface area (Å²) in [6.45, 7) is 1.38. The Balaban J connectivity index is 1.44. The van der Waals surface area contributed by atoms with Gasteiger partial charge in [-0.05, 0) is 36.7 Å². The van der Waals surface area contributed by atoms with E-state index in [4.69, 9.17) is 5.14 Å². The molecule has 7 nitrogen and oxygen atoms in total. The molecule has 0 atom stereocenters. The highest BCUT2D eigenvalue weighted by Crippen LogP contribution is 2.20. The van der Waals surface area contributed by atoms with Crippen molar-refractivity contribution in [2.75, 3.05) is 6.54 Å². The second-order valence-electron chi connectivity index (χ2n) is 7.60. The number of hydrogen-bond donors (Lipinski definition) is 2. The summed E-state index contributed by atoms with van der Waals surface area (Å²) in [6, 6.07) is 22.9. The molecule has 3 aromatic carbocycles. The van der Waals surface area contributed by atoms with E-state index in [0.29, 0.717) is 25.1 Å². The maximum Gasteiger partial charge on any atom is 0.238 e. The molecular weight excluding hydrogens is 441 g/mol. The molecule has 0 fully saturated rings. The fraction of sp³-hybridized carbons (Fsp3) is 0.167. The van der Waals surface area contributed by atoms with E-state index in [1.54, 1.807) is 30.3 Å². The molecule has 4 aromatic rings. The third-order valence-electron chi connectivity index (χ3n) is 5.18. The largest absolute Gasteiger partial charge is 0.311 e. The molecule has 1 aromatic heterocycles. The Hall–Kier alpha value is -3.40. The summed E-state index contributed by atoms with van der Waals surface area (Å²) in [7, 11) is -3.69. The van der Waals surface area contributed by atoms with Gasteiger partial charge in [0.2, 0.25) is 10.0 Å². The van der Waals surface area contributed by atoms with Gasteiger partial charge in [0.1, 0.15) is 17.2 Å². The van der Waals surface area contributed by atoms with E-state index in [1.807, 2.05) is 30.3 Å². The number of nitrogens with zero attached hydrogens (tertiary/aromatic N) is 3. The maximum atomic E-state index is 14.1. The normalized spacial score (nSPS) is 11.6. The number of sulfonamides is 1. The molecule has 0 aliphatic heterocycles. The summed E-state index contributed by atoms with van der Waals surface area (Å²) in [5, 5.41) is 17.7. The number of halogens is 1. The quantitative estimate of drug-likeness (QED) is 0.370. The number of benzene rings is 3. The van der Waals surface area contributed by atoms with Gasteiger partial charge in [0.05, 0.1) is 11.4 Å². The molecule has 9 heteroatoms. The minimum atomic E-state index is -3.69. The van der Waals surface area contributed by atoms with Gasteiger partial charge in [-0.2, -0.15) is 15.0 Å². The van der Waals surface area contributed by atoms with Crippen LogP contribution in [-0.2, 0) is 29.5 Å². The van der Waals surface area contributed by atoms with E-state index in [1.165, 1.54) is 23.0 Å². The first-order valence-electron chi connectivity index (χ1n) is 10.5. The van der Waals surface area contributed by atoms with Gasteiger partial charge in [0.15, 0.2) is 0 Å². The zero-order valence-electron chi connectivity index (χ0n) is 17.9. The Morgan fingerprint density at radius 1 is 0.909 bits per heavy atom. The third-order valence-corrected chi connectivity index (χ3v) is 6.11. The second-order valence-corrected chi connectivity index (χ2v) is 9.16. The average molecular weight is 466 g/mol. The lowest BCUT2D eigenvalue weighted by Crippen LogP contribution is -2.18. The van der Waals surface area contributed by atoms with E-state index in [-0.39, 0.29) is 17.3 Å². The van der Waals surface area contributed by atoms with Crippen molar-refractivity contribution in [2.24, 2.45) is 5.14 Å². The number of nitrogens with one attached hydrogen (secondary N) is 1. The SMILES string of the molecule is NS(=O)(=O)c1ccc(CCNCc2nn(Cc3ccccc3F)nc2-c2ccccc2)cc1. The van der Waals surface area contributed by atoms with Gasteiger partial charge in [-0.1, -0.05) is 60.7 Å². The number of hydrogen-bond acceptors (Lipinski definition) is 5. The molecule has 0 bridgehead atoms. The lowest BCUT2D eigenvalue weighted by atomic mass is 10.1. The van der Waals surface area contributed by atoms with Crippen LogP contribution >= 0.6 is 0 Å². The van der Waals surface area contributed by atoms with Crippen molar-refractivity contribution in [2.45, 2.75) is 24.4 Å². The first kappa shape index (κ1) is 22.8. The van der Waals surface area contributed by atoms with E-state index < -0.39 is 10.0 Å². The molecule has 0 aliphatic carbocycles. The monoisotopic (exact) mass is 465 g/mol. The fourth-order valence-electron chi connectivity index (χ4n) is 3.46. The molecule has 0 amide bonds. The fourth-order valence-corrected chi connectivity index (χ4v) is 3.97. The standard InChI is InChI=1S/C24H24FN5O2S/c25-22-9-5-4-8-20(22)17-30-28-23(24(29-30)19-6-2-1-3-7-19)16-27-15-14-18-10-12-21(13-11-18)33(26,31)32/h1-13,27H,14-17H2,(H2,26,31,32). The molecule has 0 saturated heterocycles. The van der Waals surface area contributed by atoms with Crippen molar-refractivity contribution in [3.05, 3.63) is 102 Å². The number of nitrogens with two attached hydrogens (primary N) is 1. The number of primary sulfonamides is 1. The summed E-state index contributed by atoms with van der Waals surface area (Å²) in [5.41, 5.74) is 3.96. The van der Waals surface area contributed by atoms with Crippen molar-refractivity contribution in [1.29, 1.82) is 0 Å². The van der Waals surface area contributed by atoms with Gasteiger partial charge in [0, 0.05) is 17.7 Å². The van der Waals surface area contributed by atoms with Crippen molar-refractivity contribution < 1.29 is 12.8 Å². The lowest BCUT2D eigenvalue weighted by Gasteiger charge is -2.05. The molecule has 1 heterocycles. The number of aromatic nitrogens is 3. The van der Waals surface area contributed by atoms with Crippen LogP contribution < -0.4 is 10.5 Å². The summed E-state index contributed by atoms with van der Waals surface area (Å²) in [5.74, 6) is -0.288. The van der Waals surface area contributed by atoms with Crippen molar-refractivity contribution in [3.8, 4) is 11.3 Å². The Bertz CT molecular complexity index is 1320. The van der Waals surface area contributed by atoms with Gasteiger partial charge < -0.3 is 5.32 Å². The molecule has 0 unspecified atom stereocenters. The van der Waals surface area contributed by atoms with Gasteiger partial charge in [0.25, 0.3) is 0 Å². The highest BCUT2D eigenvalue weighted by molar-refractivity contribution is 7.89. The van der Waals surface area contributed by atoms with Gasteiger partial charge in [-0.25, -0.2) is 17.9 Å². The predicted molar refractivity (Wildman–Crippen MR) is 124 cm³/mol. The van der Waals surface area contributed by atoms with E-state index in [0.717, 1.165) is 22.5 Å². The predicted octanol–water partition coefficient (Wildman–Crippen LogP) is 3.11. The van der Waals surface area contributed by atoms with Crippen LogP contribution in [0.5, 0.6) is 0 Å². The molecule has 0 radical (unpaired) electrons. The summed E-state index contributed by atoms with van der Waals surface area (Å²) < 4.78 is 36.8. The highest BCUT2D eigenvalue weighted by atomic mass is 32.2. The zero-order chi connectivity index (χ0) is 23.3. The van der Waals surface area contributed by atoms with E-state index in [2.05, 4.69) is 15.5 Å². The number of rotatable bonds is 9. The molecular formula is C24H24FN5O2S. The third kappa shape index (κ3) is 5.89. The van der Waals surface area contributed by atoms with Gasteiger partial charge in [-0.15, -0.1) is 0 Å². The maximum absolute atomic E-state index is 14.1. The van der Waals surface area contributed by atoms with Crippen LogP contribution in [0.25, 0.3) is 11.3 Å². The first-order chi connectivity index (χ1) is 15.9. The Morgan fingerprint density at radius 3 is 2.30 bits per heavy atom. The molecule has 0 aliphatic rings. The van der Waals surface area contributed by atoms with Crippen LogP contribution in [0.3, 0.4) is 0 Å². The van der Waals surface area contributed by atoms with Crippen LogP contribution in [0.4, 0.5) is 4.39 Å². The summed E-state index contributed by atoms with van der Waals surface area (Å²) in [4.78, 5) is 1.61. The van der Waals surface area contributed by atoms with Crippen LogP contribution in [0.15, 0.2) is 83.8 Å². The van der Waals surface area contributed by atoms with Gasteiger partial charge >= 0.3 is 0 Å². The summed E-state index contributed by atoms with van der Waals surface area (Å²) in [6.07, 6.45) is 0.703. The first-order valence-corrected chi connectivity index (χ1v) is 12.0. The second kappa shape index (κ2) is 10.0. The van der Waals surface area contributed by atoms with Crippen LogP contribution in [-0.4, -0.2) is 30.0 Å². The zero-order valence-corrected chi connectivity index (χ0v) is 18.7. The molecule has 0 spiro atoms. The summed E-state index contributed by atoms with van der Waals surface area (Å²) >= 11 is 0. The minimum Gasteiger partial charge on any atom is -0.311 e.